The highest BCUT2D eigenvalue weighted by Gasteiger charge is 2.18. The molecule has 1 rings (SSSR count). The van der Waals surface area contributed by atoms with Crippen molar-refractivity contribution in [3.63, 3.8) is 0 Å². The van der Waals surface area contributed by atoms with Gasteiger partial charge < -0.3 is 10.4 Å². The van der Waals surface area contributed by atoms with Crippen LogP contribution >= 0.6 is 0 Å². The highest BCUT2D eigenvalue weighted by molar-refractivity contribution is 5.82. The van der Waals surface area contributed by atoms with Gasteiger partial charge in [-0.2, -0.15) is 0 Å². The fourth-order valence-electron chi connectivity index (χ4n) is 1.96. The van der Waals surface area contributed by atoms with Gasteiger partial charge in [-0.1, -0.05) is 43.5 Å². The van der Waals surface area contributed by atoms with Gasteiger partial charge in [-0.15, -0.1) is 0 Å². The molecule has 1 amide bonds. The average molecular weight is 249 g/mol. The standard InChI is InChI=1S/C15H23NO2/c1-4-5-6-9-16-15(18)14(17)13-8-7-11(2)10-12(13)3/h7-8,10,14,17H,4-6,9H2,1-3H3,(H,16,18). The Morgan fingerprint density at radius 2 is 2.06 bits per heavy atom. The molecule has 3 nitrogen and oxygen atoms in total. The first kappa shape index (κ1) is 14.7. The summed E-state index contributed by atoms with van der Waals surface area (Å²) in [5.74, 6) is -0.307. The molecule has 1 aromatic carbocycles. The highest BCUT2D eigenvalue weighted by atomic mass is 16.3. The van der Waals surface area contributed by atoms with Gasteiger partial charge in [0, 0.05) is 6.54 Å². The quantitative estimate of drug-likeness (QED) is 0.761. The molecule has 2 N–H and O–H groups in total. The van der Waals surface area contributed by atoms with Gasteiger partial charge in [0.2, 0.25) is 0 Å². The molecule has 0 aliphatic heterocycles. The van der Waals surface area contributed by atoms with E-state index in [1.807, 2.05) is 32.0 Å². The van der Waals surface area contributed by atoms with Crippen molar-refractivity contribution >= 4 is 5.91 Å². The summed E-state index contributed by atoms with van der Waals surface area (Å²) in [4.78, 5) is 11.8. The lowest BCUT2D eigenvalue weighted by Crippen LogP contribution is -2.30. The van der Waals surface area contributed by atoms with Crippen molar-refractivity contribution in [1.29, 1.82) is 0 Å². The number of carbonyl (C=O) groups is 1. The van der Waals surface area contributed by atoms with Crippen LogP contribution in [0, 0.1) is 13.8 Å². The zero-order chi connectivity index (χ0) is 13.5. The van der Waals surface area contributed by atoms with Crippen molar-refractivity contribution < 1.29 is 9.90 Å². The van der Waals surface area contributed by atoms with Gasteiger partial charge in [0.15, 0.2) is 6.10 Å². The Kier molecular flexibility index (Phi) is 5.86. The van der Waals surface area contributed by atoms with Crippen molar-refractivity contribution in [1.82, 2.24) is 5.32 Å². The normalized spacial score (nSPS) is 12.2. The summed E-state index contributed by atoms with van der Waals surface area (Å²) in [7, 11) is 0. The average Bonchev–Trinajstić information content (AvgIpc) is 2.33. The molecule has 3 heteroatoms. The fourth-order valence-corrected chi connectivity index (χ4v) is 1.96. The molecule has 18 heavy (non-hydrogen) atoms. The molecule has 1 atom stereocenters. The van der Waals surface area contributed by atoms with Crippen LogP contribution in [-0.2, 0) is 4.79 Å². The molecule has 0 aliphatic carbocycles. The van der Waals surface area contributed by atoms with E-state index in [1.165, 1.54) is 0 Å². The van der Waals surface area contributed by atoms with E-state index in [4.69, 9.17) is 0 Å². The Labute approximate surface area is 109 Å². The van der Waals surface area contributed by atoms with E-state index in [0.29, 0.717) is 12.1 Å². The topological polar surface area (TPSA) is 49.3 Å². The van der Waals surface area contributed by atoms with Crippen molar-refractivity contribution in [2.75, 3.05) is 6.54 Å². The number of amides is 1. The summed E-state index contributed by atoms with van der Waals surface area (Å²) in [6.07, 6.45) is 2.12. The molecule has 0 spiro atoms. The monoisotopic (exact) mass is 249 g/mol. The molecule has 0 heterocycles. The maximum Gasteiger partial charge on any atom is 0.253 e. The maximum atomic E-state index is 11.8. The number of aliphatic hydroxyl groups is 1. The smallest absolute Gasteiger partial charge is 0.253 e. The first-order valence-electron chi connectivity index (χ1n) is 6.59. The second kappa shape index (κ2) is 7.17. The Morgan fingerprint density at radius 3 is 2.67 bits per heavy atom. The second-order valence-electron chi connectivity index (χ2n) is 4.76. The predicted octanol–water partition coefficient (Wildman–Crippen LogP) is 2.64. The van der Waals surface area contributed by atoms with Gasteiger partial charge in [-0.3, -0.25) is 4.79 Å². The Bertz CT molecular complexity index is 401. The molecule has 0 aliphatic rings. The van der Waals surface area contributed by atoms with Crippen LogP contribution in [0.2, 0.25) is 0 Å². The van der Waals surface area contributed by atoms with E-state index < -0.39 is 6.10 Å². The number of benzene rings is 1. The van der Waals surface area contributed by atoms with Gasteiger partial charge in [-0.05, 0) is 31.4 Å². The molecular weight excluding hydrogens is 226 g/mol. The zero-order valence-electron chi connectivity index (χ0n) is 11.5. The van der Waals surface area contributed by atoms with Gasteiger partial charge in [0.05, 0.1) is 0 Å². The van der Waals surface area contributed by atoms with Crippen LogP contribution in [0.3, 0.4) is 0 Å². The SMILES string of the molecule is CCCCCNC(=O)C(O)c1ccc(C)cc1C. The maximum absolute atomic E-state index is 11.8. The summed E-state index contributed by atoms with van der Waals surface area (Å²) in [6, 6.07) is 5.71. The minimum Gasteiger partial charge on any atom is -0.378 e. The summed E-state index contributed by atoms with van der Waals surface area (Å²) < 4.78 is 0. The Hall–Kier alpha value is -1.35. The largest absolute Gasteiger partial charge is 0.378 e. The molecular formula is C15H23NO2. The summed E-state index contributed by atoms with van der Waals surface area (Å²) >= 11 is 0. The highest BCUT2D eigenvalue weighted by Crippen LogP contribution is 2.18. The third kappa shape index (κ3) is 4.15. The summed E-state index contributed by atoms with van der Waals surface area (Å²) in [6.45, 7) is 6.66. The van der Waals surface area contributed by atoms with E-state index in [1.54, 1.807) is 0 Å². The number of hydrogen-bond acceptors (Lipinski definition) is 2. The van der Waals surface area contributed by atoms with Crippen LogP contribution in [0.1, 0.15) is 49.0 Å². The van der Waals surface area contributed by atoms with E-state index >= 15 is 0 Å². The number of carbonyl (C=O) groups excluding carboxylic acids is 1. The second-order valence-corrected chi connectivity index (χ2v) is 4.76. The first-order valence-corrected chi connectivity index (χ1v) is 6.59. The van der Waals surface area contributed by atoms with Crippen LogP contribution in [-0.4, -0.2) is 17.6 Å². The molecule has 0 saturated carbocycles. The summed E-state index contributed by atoms with van der Waals surface area (Å²) in [5.41, 5.74) is 2.77. The lowest BCUT2D eigenvalue weighted by atomic mass is 10.0. The van der Waals surface area contributed by atoms with E-state index in [0.717, 1.165) is 30.4 Å². The molecule has 1 unspecified atom stereocenters. The molecule has 100 valence electrons. The van der Waals surface area contributed by atoms with Crippen LogP contribution in [0.15, 0.2) is 18.2 Å². The van der Waals surface area contributed by atoms with Crippen LogP contribution in [0.4, 0.5) is 0 Å². The molecule has 0 aromatic heterocycles. The van der Waals surface area contributed by atoms with Gasteiger partial charge in [0.25, 0.3) is 5.91 Å². The third-order valence-corrected chi connectivity index (χ3v) is 3.05. The zero-order valence-corrected chi connectivity index (χ0v) is 11.5. The van der Waals surface area contributed by atoms with Crippen LogP contribution in [0.25, 0.3) is 0 Å². The van der Waals surface area contributed by atoms with E-state index in [-0.39, 0.29) is 5.91 Å². The number of aliphatic hydroxyl groups excluding tert-OH is 1. The van der Waals surface area contributed by atoms with Gasteiger partial charge in [0.1, 0.15) is 0 Å². The Morgan fingerprint density at radius 1 is 1.33 bits per heavy atom. The van der Waals surface area contributed by atoms with Crippen LogP contribution in [0.5, 0.6) is 0 Å². The van der Waals surface area contributed by atoms with Crippen molar-refractivity contribution in [3.8, 4) is 0 Å². The van der Waals surface area contributed by atoms with Crippen molar-refractivity contribution in [3.05, 3.63) is 34.9 Å². The van der Waals surface area contributed by atoms with Crippen molar-refractivity contribution in [2.24, 2.45) is 0 Å². The van der Waals surface area contributed by atoms with Crippen molar-refractivity contribution in [2.45, 2.75) is 46.1 Å². The van der Waals surface area contributed by atoms with Gasteiger partial charge >= 0.3 is 0 Å². The number of hydrogen-bond donors (Lipinski definition) is 2. The van der Waals surface area contributed by atoms with E-state index in [9.17, 15) is 9.90 Å². The molecule has 0 fully saturated rings. The molecule has 0 radical (unpaired) electrons. The molecule has 1 aromatic rings. The van der Waals surface area contributed by atoms with E-state index in [2.05, 4.69) is 12.2 Å². The summed E-state index contributed by atoms with van der Waals surface area (Å²) in [5, 5.41) is 12.8. The first-order chi connectivity index (χ1) is 8.56. The lowest BCUT2D eigenvalue weighted by Gasteiger charge is -2.14. The van der Waals surface area contributed by atoms with Gasteiger partial charge in [-0.25, -0.2) is 0 Å². The molecule has 0 saturated heterocycles. The lowest BCUT2D eigenvalue weighted by molar-refractivity contribution is -0.129. The predicted molar refractivity (Wildman–Crippen MR) is 73.4 cm³/mol. The Balaban J connectivity index is 2.57. The minimum atomic E-state index is -1.06. The number of rotatable bonds is 6. The number of aryl methyl sites for hydroxylation is 2. The number of unbranched alkanes of at least 4 members (excludes halogenated alkanes) is 2. The number of nitrogens with one attached hydrogen (secondary N) is 1. The minimum absolute atomic E-state index is 0.307. The third-order valence-electron chi connectivity index (χ3n) is 3.05. The fraction of sp³-hybridized carbons (Fsp3) is 0.533. The molecule has 0 bridgehead atoms. The van der Waals surface area contributed by atoms with Crippen LogP contribution < -0.4 is 5.32 Å².